The van der Waals surface area contributed by atoms with E-state index in [1.165, 1.54) is 0 Å². The van der Waals surface area contributed by atoms with E-state index < -0.39 is 6.16 Å². The summed E-state index contributed by atoms with van der Waals surface area (Å²) >= 11 is 0. The highest BCUT2D eigenvalue weighted by atomic mass is 16.7. The van der Waals surface area contributed by atoms with Crippen LogP contribution in [0.5, 0.6) is 11.5 Å². The van der Waals surface area contributed by atoms with Gasteiger partial charge in [-0.25, -0.2) is 4.79 Å². The summed E-state index contributed by atoms with van der Waals surface area (Å²) in [6.45, 7) is 0. The van der Waals surface area contributed by atoms with Crippen molar-refractivity contribution in [2.45, 2.75) is 0 Å². The monoisotopic (exact) mass is 254 g/mol. The van der Waals surface area contributed by atoms with Crippen molar-refractivity contribution in [2.75, 3.05) is 0 Å². The molecular formula is C15H10O4. The highest BCUT2D eigenvalue weighted by Crippen LogP contribution is 2.37. The topological polar surface area (TPSA) is 55.8 Å². The molecule has 0 fully saturated rings. The van der Waals surface area contributed by atoms with Gasteiger partial charge in [-0.05, 0) is 24.3 Å². The second-order valence-corrected chi connectivity index (χ2v) is 4.01. The van der Waals surface area contributed by atoms with Gasteiger partial charge in [-0.3, -0.25) is 0 Å². The first-order valence-electron chi connectivity index (χ1n) is 5.73. The molecule has 1 aliphatic rings. The fourth-order valence-electron chi connectivity index (χ4n) is 1.97. The number of benzene rings is 2. The van der Waals surface area contributed by atoms with Crippen molar-refractivity contribution in [1.29, 1.82) is 0 Å². The molecule has 0 spiro atoms. The number of ether oxygens (including phenoxy) is 2. The largest absolute Gasteiger partial charge is 0.511 e. The number of carboxylic acid groups (broad SMARTS) is 1. The molecule has 0 saturated heterocycles. The van der Waals surface area contributed by atoms with Gasteiger partial charge in [0.05, 0.1) is 5.56 Å². The highest BCUT2D eigenvalue weighted by molar-refractivity contribution is 5.87. The third-order valence-electron chi connectivity index (χ3n) is 2.78. The van der Waals surface area contributed by atoms with Crippen LogP contribution in [-0.4, -0.2) is 11.3 Å². The number of fused-ring (bicyclic) bond motifs is 2. The summed E-state index contributed by atoms with van der Waals surface area (Å²) < 4.78 is 10.6. The maximum absolute atomic E-state index is 10.8. The normalized spacial score (nSPS) is 12.3. The predicted molar refractivity (Wildman–Crippen MR) is 69.9 cm³/mol. The van der Waals surface area contributed by atoms with E-state index in [9.17, 15) is 4.79 Å². The summed E-state index contributed by atoms with van der Waals surface area (Å²) in [6, 6.07) is 14.5. The molecule has 3 rings (SSSR count). The molecule has 1 heterocycles. The van der Waals surface area contributed by atoms with E-state index in [1.54, 1.807) is 24.3 Å². The molecule has 0 bridgehead atoms. The molecule has 2 aromatic rings. The Morgan fingerprint density at radius 1 is 1.00 bits per heavy atom. The average molecular weight is 254 g/mol. The molecule has 2 aromatic carbocycles. The summed E-state index contributed by atoms with van der Waals surface area (Å²) in [4.78, 5) is 10.8. The van der Waals surface area contributed by atoms with Crippen molar-refractivity contribution in [3.63, 3.8) is 0 Å². The molecule has 0 atom stereocenters. The van der Waals surface area contributed by atoms with E-state index in [4.69, 9.17) is 14.6 Å². The van der Waals surface area contributed by atoms with Crippen LogP contribution >= 0.6 is 0 Å². The summed E-state index contributed by atoms with van der Waals surface area (Å²) in [7, 11) is 0. The van der Waals surface area contributed by atoms with E-state index >= 15 is 0 Å². The first-order valence-corrected chi connectivity index (χ1v) is 5.73. The third-order valence-corrected chi connectivity index (χ3v) is 2.78. The van der Waals surface area contributed by atoms with Crippen LogP contribution in [0.2, 0.25) is 0 Å². The van der Waals surface area contributed by atoms with Crippen LogP contribution in [0.1, 0.15) is 11.1 Å². The Kier molecular flexibility index (Phi) is 2.68. The van der Waals surface area contributed by atoms with E-state index in [-0.39, 0.29) is 5.76 Å². The first kappa shape index (κ1) is 11.3. The number of para-hydroxylation sites is 2. The van der Waals surface area contributed by atoms with Crippen molar-refractivity contribution in [1.82, 2.24) is 0 Å². The van der Waals surface area contributed by atoms with Crippen molar-refractivity contribution in [3.05, 3.63) is 59.7 Å². The van der Waals surface area contributed by atoms with Gasteiger partial charge in [-0.2, -0.15) is 0 Å². The Balaban J connectivity index is 2.19. The fraction of sp³-hybridized carbons (Fsp3) is 0. The first-order chi connectivity index (χ1) is 9.24. The van der Waals surface area contributed by atoms with Crippen LogP contribution in [-0.2, 0) is 4.74 Å². The van der Waals surface area contributed by atoms with Crippen molar-refractivity contribution in [3.8, 4) is 11.5 Å². The van der Waals surface area contributed by atoms with Crippen LogP contribution in [0, 0.1) is 0 Å². The smallest absolute Gasteiger partial charge is 0.456 e. The quantitative estimate of drug-likeness (QED) is 0.782. The molecule has 4 heteroatoms. The Morgan fingerprint density at radius 2 is 1.68 bits per heavy atom. The SMILES string of the molecule is O=C(O)OC1=Cc2ccccc2Oc2ccccc21. The minimum atomic E-state index is -1.35. The van der Waals surface area contributed by atoms with Gasteiger partial charge < -0.3 is 14.6 Å². The van der Waals surface area contributed by atoms with Gasteiger partial charge in [0.1, 0.15) is 17.3 Å². The minimum Gasteiger partial charge on any atom is -0.456 e. The van der Waals surface area contributed by atoms with Gasteiger partial charge in [-0.1, -0.05) is 30.3 Å². The van der Waals surface area contributed by atoms with Crippen LogP contribution in [0.25, 0.3) is 11.8 Å². The lowest BCUT2D eigenvalue weighted by Crippen LogP contribution is -1.99. The predicted octanol–water partition coefficient (Wildman–Crippen LogP) is 3.99. The minimum absolute atomic E-state index is 0.257. The zero-order valence-corrected chi connectivity index (χ0v) is 9.87. The van der Waals surface area contributed by atoms with E-state index in [2.05, 4.69) is 0 Å². The van der Waals surface area contributed by atoms with Gasteiger partial charge in [0.25, 0.3) is 0 Å². The van der Waals surface area contributed by atoms with E-state index in [1.807, 2.05) is 30.3 Å². The number of hydrogen-bond acceptors (Lipinski definition) is 3. The molecule has 0 radical (unpaired) electrons. The molecule has 0 aliphatic carbocycles. The second kappa shape index (κ2) is 4.49. The van der Waals surface area contributed by atoms with Gasteiger partial charge in [-0.15, -0.1) is 0 Å². The number of carbonyl (C=O) groups is 1. The molecule has 0 aromatic heterocycles. The molecular weight excluding hydrogens is 244 g/mol. The van der Waals surface area contributed by atoms with Crippen molar-refractivity contribution in [2.24, 2.45) is 0 Å². The van der Waals surface area contributed by atoms with Crippen molar-refractivity contribution >= 4 is 18.0 Å². The molecule has 19 heavy (non-hydrogen) atoms. The lowest BCUT2D eigenvalue weighted by atomic mass is 10.1. The van der Waals surface area contributed by atoms with Crippen LogP contribution in [0.3, 0.4) is 0 Å². The van der Waals surface area contributed by atoms with Gasteiger partial charge in [0, 0.05) is 5.56 Å². The van der Waals surface area contributed by atoms with Crippen molar-refractivity contribution < 1.29 is 19.4 Å². The van der Waals surface area contributed by atoms with Gasteiger partial charge in [0.2, 0.25) is 0 Å². The van der Waals surface area contributed by atoms with Gasteiger partial charge >= 0.3 is 6.16 Å². The fourth-order valence-corrected chi connectivity index (χ4v) is 1.97. The molecule has 0 amide bonds. The van der Waals surface area contributed by atoms with Crippen LogP contribution < -0.4 is 4.74 Å². The Hall–Kier alpha value is -2.75. The standard InChI is InChI=1S/C15H10O4/c16-15(17)19-14-9-10-5-1-3-7-12(10)18-13-8-4-2-6-11(13)14/h1-9H,(H,16,17). The molecule has 0 unspecified atom stereocenters. The Morgan fingerprint density at radius 3 is 2.47 bits per heavy atom. The lowest BCUT2D eigenvalue weighted by molar-refractivity contribution is 0.135. The Labute approximate surface area is 109 Å². The second-order valence-electron chi connectivity index (χ2n) is 4.01. The highest BCUT2D eigenvalue weighted by Gasteiger charge is 2.18. The maximum Gasteiger partial charge on any atom is 0.511 e. The van der Waals surface area contributed by atoms with E-state index in [0.29, 0.717) is 17.1 Å². The number of hydrogen-bond donors (Lipinski definition) is 1. The van der Waals surface area contributed by atoms with E-state index in [0.717, 1.165) is 5.56 Å². The summed E-state index contributed by atoms with van der Waals surface area (Å²) in [5.41, 5.74) is 1.39. The molecule has 1 aliphatic heterocycles. The van der Waals surface area contributed by atoms with Crippen LogP contribution in [0.4, 0.5) is 4.79 Å². The molecule has 94 valence electrons. The molecule has 1 N–H and O–H groups in total. The molecule has 0 saturated carbocycles. The summed E-state index contributed by atoms with van der Waals surface area (Å²) in [5, 5.41) is 8.83. The number of rotatable bonds is 1. The summed E-state index contributed by atoms with van der Waals surface area (Å²) in [6.07, 6.45) is 0.315. The van der Waals surface area contributed by atoms with Gasteiger partial charge in [0.15, 0.2) is 0 Å². The lowest BCUT2D eigenvalue weighted by Gasteiger charge is -2.09. The average Bonchev–Trinajstić information content (AvgIpc) is 2.55. The van der Waals surface area contributed by atoms with Crippen LogP contribution in [0.15, 0.2) is 48.5 Å². The third kappa shape index (κ3) is 2.15. The Bertz CT molecular complexity index is 673. The summed E-state index contributed by atoms with van der Waals surface area (Å²) in [5.74, 6) is 1.49. The molecule has 4 nitrogen and oxygen atoms in total. The maximum atomic E-state index is 10.8. The zero-order valence-electron chi connectivity index (χ0n) is 9.87. The zero-order chi connectivity index (χ0) is 13.2.